The standard InChI is InChI=1S/C22H22N2O3/c1-16(27-15-17-8-3-2-4-9-17)22(26)23-14-21(25)24-20-13-7-11-18-10-5-6-12-19(18)20/h2-13,16H,14-15H2,1H3,(H,23,26)(H,24,25). The minimum atomic E-state index is -0.643. The third-order valence-electron chi connectivity index (χ3n) is 4.20. The summed E-state index contributed by atoms with van der Waals surface area (Å²) in [4.78, 5) is 24.3. The van der Waals surface area contributed by atoms with Crippen molar-refractivity contribution < 1.29 is 14.3 Å². The number of nitrogens with one attached hydrogen (secondary N) is 2. The zero-order chi connectivity index (χ0) is 19.1. The van der Waals surface area contributed by atoms with Crippen molar-refractivity contribution >= 4 is 28.3 Å². The Morgan fingerprint density at radius 2 is 1.63 bits per heavy atom. The number of hydrogen-bond donors (Lipinski definition) is 2. The van der Waals surface area contributed by atoms with Crippen molar-refractivity contribution in [1.82, 2.24) is 5.32 Å². The maximum absolute atomic E-state index is 12.2. The highest BCUT2D eigenvalue weighted by Crippen LogP contribution is 2.22. The zero-order valence-electron chi connectivity index (χ0n) is 15.1. The summed E-state index contributed by atoms with van der Waals surface area (Å²) >= 11 is 0. The molecule has 5 nitrogen and oxygen atoms in total. The van der Waals surface area contributed by atoms with Crippen LogP contribution in [0.4, 0.5) is 5.69 Å². The van der Waals surface area contributed by atoms with Gasteiger partial charge in [0.25, 0.3) is 0 Å². The number of benzene rings is 3. The summed E-state index contributed by atoms with van der Waals surface area (Å²) in [6.07, 6.45) is -0.643. The van der Waals surface area contributed by atoms with Crippen LogP contribution in [0, 0.1) is 0 Å². The van der Waals surface area contributed by atoms with E-state index in [2.05, 4.69) is 10.6 Å². The molecule has 0 aliphatic rings. The number of rotatable bonds is 7. The second-order valence-corrected chi connectivity index (χ2v) is 6.23. The predicted octanol–water partition coefficient (Wildman–Crippen LogP) is 3.50. The molecule has 1 unspecified atom stereocenters. The lowest BCUT2D eigenvalue weighted by molar-refractivity contribution is -0.133. The van der Waals surface area contributed by atoms with E-state index in [9.17, 15) is 9.59 Å². The smallest absolute Gasteiger partial charge is 0.249 e. The summed E-state index contributed by atoms with van der Waals surface area (Å²) in [7, 11) is 0. The summed E-state index contributed by atoms with van der Waals surface area (Å²) in [5.74, 6) is -0.603. The molecule has 0 heterocycles. The largest absolute Gasteiger partial charge is 0.364 e. The van der Waals surface area contributed by atoms with E-state index in [0.717, 1.165) is 22.0 Å². The van der Waals surface area contributed by atoms with Crippen molar-refractivity contribution in [2.45, 2.75) is 19.6 Å². The molecule has 1 atom stereocenters. The Morgan fingerprint density at radius 3 is 2.44 bits per heavy atom. The van der Waals surface area contributed by atoms with Gasteiger partial charge >= 0.3 is 0 Å². The lowest BCUT2D eigenvalue weighted by Crippen LogP contribution is -2.39. The van der Waals surface area contributed by atoms with Gasteiger partial charge in [0.05, 0.1) is 13.2 Å². The van der Waals surface area contributed by atoms with Gasteiger partial charge in [0.2, 0.25) is 11.8 Å². The fourth-order valence-corrected chi connectivity index (χ4v) is 2.71. The van der Waals surface area contributed by atoms with Gasteiger partial charge in [-0.1, -0.05) is 66.7 Å². The monoisotopic (exact) mass is 362 g/mol. The van der Waals surface area contributed by atoms with E-state index in [1.54, 1.807) is 6.92 Å². The number of anilines is 1. The fraction of sp³-hybridized carbons (Fsp3) is 0.182. The molecular weight excluding hydrogens is 340 g/mol. The van der Waals surface area contributed by atoms with Gasteiger partial charge in [0, 0.05) is 11.1 Å². The second-order valence-electron chi connectivity index (χ2n) is 6.23. The van der Waals surface area contributed by atoms with Gasteiger partial charge < -0.3 is 15.4 Å². The van der Waals surface area contributed by atoms with Crippen LogP contribution in [0.2, 0.25) is 0 Å². The van der Waals surface area contributed by atoms with Crippen molar-refractivity contribution in [2.24, 2.45) is 0 Å². The molecule has 3 aromatic carbocycles. The van der Waals surface area contributed by atoms with Gasteiger partial charge in [-0.25, -0.2) is 0 Å². The van der Waals surface area contributed by atoms with Crippen molar-refractivity contribution in [2.75, 3.05) is 11.9 Å². The first-order valence-electron chi connectivity index (χ1n) is 8.84. The SMILES string of the molecule is CC(OCc1ccccc1)C(=O)NCC(=O)Nc1cccc2ccccc12. The van der Waals surface area contributed by atoms with Crippen LogP contribution in [0.25, 0.3) is 10.8 Å². The summed E-state index contributed by atoms with van der Waals surface area (Å²) in [6, 6.07) is 23.1. The maximum atomic E-state index is 12.2. The number of hydrogen-bond acceptors (Lipinski definition) is 3. The Kier molecular flexibility index (Phi) is 6.18. The van der Waals surface area contributed by atoms with E-state index in [4.69, 9.17) is 4.74 Å². The van der Waals surface area contributed by atoms with E-state index in [1.165, 1.54) is 0 Å². The summed E-state index contributed by atoms with van der Waals surface area (Å²) in [6.45, 7) is 1.90. The van der Waals surface area contributed by atoms with Crippen LogP contribution >= 0.6 is 0 Å². The summed E-state index contributed by atoms with van der Waals surface area (Å²) < 4.78 is 5.55. The highest BCUT2D eigenvalue weighted by atomic mass is 16.5. The van der Waals surface area contributed by atoms with Crippen molar-refractivity contribution in [1.29, 1.82) is 0 Å². The Balaban J connectivity index is 1.48. The first-order chi connectivity index (χ1) is 13.1. The van der Waals surface area contributed by atoms with E-state index in [0.29, 0.717) is 6.61 Å². The number of ether oxygens (including phenoxy) is 1. The molecule has 3 aromatic rings. The van der Waals surface area contributed by atoms with Crippen LogP contribution in [0.15, 0.2) is 72.8 Å². The molecule has 5 heteroatoms. The summed E-state index contributed by atoms with van der Waals surface area (Å²) in [5, 5.41) is 7.45. The van der Waals surface area contributed by atoms with Gasteiger partial charge in [-0.2, -0.15) is 0 Å². The molecule has 27 heavy (non-hydrogen) atoms. The third-order valence-corrected chi connectivity index (χ3v) is 4.20. The van der Waals surface area contributed by atoms with E-state index >= 15 is 0 Å². The van der Waals surface area contributed by atoms with E-state index < -0.39 is 6.10 Å². The van der Waals surface area contributed by atoms with Crippen LogP contribution in [-0.2, 0) is 20.9 Å². The second kappa shape index (κ2) is 8.96. The van der Waals surface area contributed by atoms with Gasteiger partial charge in [0.1, 0.15) is 6.10 Å². The normalized spacial score (nSPS) is 11.7. The van der Waals surface area contributed by atoms with Crippen LogP contribution in [-0.4, -0.2) is 24.5 Å². The number of carbonyl (C=O) groups excluding carboxylic acids is 2. The average molecular weight is 362 g/mol. The van der Waals surface area contributed by atoms with Crippen LogP contribution in [0.3, 0.4) is 0 Å². The topological polar surface area (TPSA) is 67.4 Å². The molecule has 3 rings (SSSR count). The molecule has 0 aromatic heterocycles. The van der Waals surface area contributed by atoms with Crippen LogP contribution < -0.4 is 10.6 Å². The predicted molar refractivity (Wildman–Crippen MR) is 106 cm³/mol. The lowest BCUT2D eigenvalue weighted by atomic mass is 10.1. The van der Waals surface area contributed by atoms with Gasteiger partial charge in [-0.3, -0.25) is 9.59 Å². The Labute approximate surface area is 158 Å². The maximum Gasteiger partial charge on any atom is 0.249 e. The highest BCUT2D eigenvalue weighted by Gasteiger charge is 2.15. The van der Waals surface area contributed by atoms with Crippen molar-refractivity contribution in [3.8, 4) is 0 Å². The number of amides is 2. The molecule has 0 saturated carbocycles. The van der Waals surface area contributed by atoms with E-state index in [-0.39, 0.29) is 18.4 Å². The van der Waals surface area contributed by atoms with Crippen LogP contribution in [0.5, 0.6) is 0 Å². The molecule has 2 N–H and O–H groups in total. The Hall–Kier alpha value is -3.18. The van der Waals surface area contributed by atoms with Crippen molar-refractivity contribution in [3.63, 3.8) is 0 Å². The lowest BCUT2D eigenvalue weighted by Gasteiger charge is -2.14. The zero-order valence-corrected chi connectivity index (χ0v) is 15.1. The molecule has 0 aliphatic heterocycles. The Morgan fingerprint density at radius 1 is 0.926 bits per heavy atom. The molecular formula is C22H22N2O3. The third kappa shape index (κ3) is 5.15. The fourth-order valence-electron chi connectivity index (χ4n) is 2.71. The molecule has 2 amide bonds. The van der Waals surface area contributed by atoms with E-state index in [1.807, 2.05) is 72.8 Å². The molecule has 0 spiro atoms. The molecule has 0 bridgehead atoms. The first-order valence-corrected chi connectivity index (χ1v) is 8.84. The van der Waals surface area contributed by atoms with Gasteiger partial charge in [-0.15, -0.1) is 0 Å². The first kappa shape index (κ1) is 18.6. The molecule has 0 fully saturated rings. The average Bonchev–Trinajstić information content (AvgIpc) is 2.71. The Bertz CT molecular complexity index is 920. The minimum absolute atomic E-state index is 0.110. The molecule has 0 radical (unpaired) electrons. The minimum Gasteiger partial charge on any atom is -0.364 e. The number of fused-ring (bicyclic) bond motifs is 1. The summed E-state index contributed by atoms with van der Waals surface area (Å²) in [5.41, 5.74) is 1.71. The van der Waals surface area contributed by atoms with Gasteiger partial charge in [0.15, 0.2) is 0 Å². The molecule has 0 aliphatic carbocycles. The highest BCUT2D eigenvalue weighted by molar-refractivity contribution is 6.03. The van der Waals surface area contributed by atoms with Crippen LogP contribution in [0.1, 0.15) is 12.5 Å². The molecule has 138 valence electrons. The van der Waals surface area contributed by atoms with Crippen molar-refractivity contribution in [3.05, 3.63) is 78.4 Å². The van der Waals surface area contributed by atoms with Gasteiger partial charge in [-0.05, 0) is 23.9 Å². The quantitative estimate of drug-likeness (QED) is 0.676. The molecule has 0 saturated heterocycles. The number of carbonyl (C=O) groups is 2.